The molecule has 226 valence electrons. The van der Waals surface area contributed by atoms with Gasteiger partial charge in [-0.15, -0.1) is 0 Å². The first kappa shape index (κ1) is 29.2. The van der Waals surface area contributed by atoms with E-state index in [-0.39, 0.29) is 43.0 Å². The summed E-state index contributed by atoms with van der Waals surface area (Å²) in [5.41, 5.74) is 11.8. The highest BCUT2D eigenvalue weighted by molar-refractivity contribution is 8.44. The average molecular weight is 644 g/mol. The van der Waals surface area contributed by atoms with Crippen LogP contribution in [0.25, 0.3) is 22.2 Å². The second kappa shape index (κ2) is 11.7. The normalized spacial score (nSPS) is 26.7. The number of anilines is 2. The Morgan fingerprint density at radius 1 is 1.17 bits per heavy atom. The summed E-state index contributed by atoms with van der Waals surface area (Å²) in [5.74, 6) is 0.221. The first-order valence-electron chi connectivity index (χ1n) is 12.7. The number of hydrogen-bond acceptors (Lipinski definition) is 14. The number of nitrogens with one attached hydrogen (secondary N) is 1. The Morgan fingerprint density at radius 2 is 2.00 bits per heavy atom. The Balaban J connectivity index is 1.14. The van der Waals surface area contributed by atoms with Gasteiger partial charge in [0.25, 0.3) is 5.56 Å². The molecule has 6 N–H and O–H groups in total. The van der Waals surface area contributed by atoms with Gasteiger partial charge >= 0.3 is 15.1 Å². The molecule has 0 radical (unpaired) electrons. The maximum atomic E-state index is 13.3. The minimum Gasteiger partial charge on any atom is -0.383 e. The maximum absolute atomic E-state index is 13.3. The molecular weight excluding hydrogens is 616 g/mol. The predicted molar refractivity (Wildman–Crippen MR) is 151 cm³/mol. The lowest BCUT2D eigenvalue weighted by atomic mass is 10.2. The molecule has 6 rings (SSSR count). The van der Waals surface area contributed by atoms with Crippen LogP contribution >= 0.6 is 27.3 Å². The van der Waals surface area contributed by atoms with Crippen LogP contribution in [0.1, 0.15) is 31.7 Å². The molecule has 4 unspecified atom stereocenters. The highest BCUT2D eigenvalue weighted by Crippen LogP contribution is 2.57. The Labute approximate surface area is 242 Å². The van der Waals surface area contributed by atoms with Crippen molar-refractivity contribution in [2.75, 3.05) is 24.7 Å². The third kappa shape index (κ3) is 5.97. The van der Waals surface area contributed by atoms with Gasteiger partial charge in [0.15, 0.2) is 17.4 Å². The summed E-state index contributed by atoms with van der Waals surface area (Å²) in [7, 11) is -3.23. The molecule has 21 heteroatoms. The molecule has 0 aromatic carbocycles. The van der Waals surface area contributed by atoms with Gasteiger partial charge in [0.2, 0.25) is 5.95 Å². The van der Waals surface area contributed by atoms with Crippen molar-refractivity contribution in [3.8, 4) is 0 Å². The zero-order valence-electron chi connectivity index (χ0n) is 21.7. The summed E-state index contributed by atoms with van der Waals surface area (Å²) in [6.07, 6.45) is 2.37. The first-order chi connectivity index (χ1) is 20.1. The Kier molecular flexibility index (Phi) is 8.12. The molecule has 7 atom stereocenters. The molecule has 4 aromatic rings. The Bertz CT molecular complexity index is 1750. The van der Waals surface area contributed by atoms with Crippen LogP contribution in [-0.4, -0.2) is 70.5 Å². The number of imidazole rings is 1. The zero-order chi connectivity index (χ0) is 29.6. The second-order valence-corrected chi connectivity index (χ2v) is 13.4. The van der Waals surface area contributed by atoms with E-state index in [9.17, 15) is 13.9 Å². The minimum absolute atomic E-state index is 0.00507. The standard InChI is InChI=1S/C21H27N9O9P2S/c22-16-12-3-4-29(17(12)25-8-24-16)14-2-1-10(37-14)7-36-41(34,42)39-13-5-11(6-35-40(32)33)38-20(13)30-9-26-15-18(30)27-21(23)28-19(15)31/h3-4,8-11,13-14,20,40H,1-2,5-7H2,(H,32,33)(H,34,42)(H2,22,24,25)(H3,23,27,28,31)/t10?,11-,13?,14+,20+,41?/m0/s1. The number of nitrogens with zero attached hydrogens (tertiary/aromatic N) is 6. The molecule has 0 aliphatic carbocycles. The number of fused-ring (bicyclic) bond motifs is 2. The number of aromatic nitrogens is 7. The van der Waals surface area contributed by atoms with Gasteiger partial charge in [-0.25, -0.2) is 19.5 Å². The number of thiol groups is 1. The lowest BCUT2D eigenvalue weighted by Gasteiger charge is -2.24. The fourth-order valence-electron chi connectivity index (χ4n) is 5.07. The van der Waals surface area contributed by atoms with Crippen molar-refractivity contribution in [3.05, 3.63) is 35.3 Å². The number of ether oxygens (including phenoxy) is 2. The van der Waals surface area contributed by atoms with Crippen LogP contribution in [0, 0.1) is 0 Å². The van der Waals surface area contributed by atoms with Crippen molar-refractivity contribution >= 4 is 61.3 Å². The predicted octanol–water partition coefficient (Wildman–Crippen LogP) is 1.53. The maximum Gasteiger partial charge on any atom is 0.386 e. The Morgan fingerprint density at radius 3 is 2.81 bits per heavy atom. The number of rotatable bonds is 10. The fourth-order valence-corrected chi connectivity index (χ4v) is 6.91. The zero-order valence-corrected chi connectivity index (χ0v) is 24.5. The summed E-state index contributed by atoms with van der Waals surface area (Å²) in [4.78, 5) is 40.2. The SMILES string of the molecule is Nc1nc2c(ncn2[C@@H]2O[C@H](CO[PH](=O)O)CC2OP(=O)(S)OCC2CC[C@H](n3ccc4c(N)ncnc43)O2)c(=O)[nH]1. The minimum atomic E-state index is -4.00. The summed E-state index contributed by atoms with van der Waals surface area (Å²) in [5, 5.41) is 0.714. The van der Waals surface area contributed by atoms with Crippen molar-refractivity contribution < 1.29 is 37.1 Å². The van der Waals surface area contributed by atoms with Crippen molar-refractivity contribution in [1.29, 1.82) is 0 Å². The summed E-state index contributed by atoms with van der Waals surface area (Å²) in [6, 6.07) is 1.81. The highest BCUT2D eigenvalue weighted by atomic mass is 32.7. The molecule has 0 saturated carbocycles. The number of nitrogen functional groups attached to an aromatic ring is 2. The van der Waals surface area contributed by atoms with Gasteiger partial charge in [0.05, 0.1) is 37.1 Å². The van der Waals surface area contributed by atoms with E-state index in [1.807, 2.05) is 16.8 Å². The van der Waals surface area contributed by atoms with E-state index in [0.29, 0.717) is 29.7 Å². The van der Waals surface area contributed by atoms with Crippen LogP contribution in [0.4, 0.5) is 11.8 Å². The summed E-state index contributed by atoms with van der Waals surface area (Å²) >= 11 is 4.17. The fraction of sp³-hybridized carbons (Fsp3) is 0.476. The quantitative estimate of drug-likeness (QED) is 0.121. The number of H-pyrrole nitrogens is 1. The molecule has 42 heavy (non-hydrogen) atoms. The number of aromatic amines is 1. The third-order valence-corrected chi connectivity index (χ3v) is 8.95. The molecule has 2 aliphatic heterocycles. The van der Waals surface area contributed by atoms with Gasteiger partial charge in [0, 0.05) is 12.6 Å². The van der Waals surface area contributed by atoms with E-state index in [1.54, 1.807) is 0 Å². The largest absolute Gasteiger partial charge is 0.386 e. The van der Waals surface area contributed by atoms with Gasteiger partial charge < -0.3 is 34.9 Å². The second-order valence-electron chi connectivity index (χ2n) is 9.65. The smallest absolute Gasteiger partial charge is 0.383 e. The van der Waals surface area contributed by atoms with E-state index >= 15 is 0 Å². The van der Waals surface area contributed by atoms with E-state index in [1.165, 1.54) is 17.2 Å². The van der Waals surface area contributed by atoms with Crippen molar-refractivity contribution in [2.24, 2.45) is 0 Å². The molecule has 2 saturated heterocycles. The number of nitrogens with two attached hydrogens (primary N) is 2. The van der Waals surface area contributed by atoms with E-state index in [2.05, 4.69) is 37.2 Å². The summed E-state index contributed by atoms with van der Waals surface area (Å²) < 4.78 is 56.0. The van der Waals surface area contributed by atoms with Crippen LogP contribution in [-0.2, 0) is 32.2 Å². The highest BCUT2D eigenvalue weighted by Gasteiger charge is 2.43. The van der Waals surface area contributed by atoms with Gasteiger partial charge in [0.1, 0.15) is 30.1 Å². The van der Waals surface area contributed by atoms with Crippen molar-refractivity contribution in [2.45, 2.75) is 50.0 Å². The van der Waals surface area contributed by atoms with Crippen molar-refractivity contribution in [3.63, 3.8) is 0 Å². The molecular formula is C21H27N9O9P2S. The van der Waals surface area contributed by atoms with Crippen LogP contribution in [0.2, 0.25) is 0 Å². The third-order valence-electron chi connectivity index (χ3n) is 6.89. The molecule has 0 spiro atoms. The average Bonchev–Trinajstić information content (AvgIpc) is 3.72. The molecule has 6 heterocycles. The lowest BCUT2D eigenvalue weighted by molar-refractivity contribution is -0.0450. The lowest BCUT2D eigenvalue weighted by Crippen LogP contribution is -2.23. The molecule has 0 bridgehead atoms. The molecule has 2 aliphatic rings. The van der Waals surface area contributed by atoms with Crippen LogP contribution in [0.5, 0.6) is 0 Å². The van der Waals surface area contributed by atoms with Gasteiger partial charge in [-0.2, -0.15) is 4.98 Å². The van der Waals surface area contributed by atoms with E-state index in [4.69, 9.17) is 39.4 Å². The van der Waals surface area contributed by atoms with Gasteiger partial charge in [-0.05, 0) is 18.9 Å². The molecule has 0 amide bonds. The molecule has 2 fully saturated rings. The summed E-state index contributed by atoms with van der Waals surface area (Å²) in [6.45, 7) is -4.32. The topological polar surface area (TPSA) is 247 Å². The van der Waals surface area contributed by atoms with Gasteiger partial charge in [-0.3, -0.25) is 28.0 Å². The van der Waals surface area contributed by atoms with E-state index < -0.39 is 45.2 Å². The monoisotopic (exact) mass is 643 g/mol. The van der Waals surface area contributed by atoms with Crippen LogP contribution in [0.3, 0.4) is 0 Å². The van der Waals surface area contributed by atoms with Crippen LogP contribution in [0.15, 0.2) is 29.7 Å². The molecule has 4 aromatic heterocycles. The number of hydrogen-bond donors (Lipinski definition) is 5. The van der Waals surface area contributed by atoms with Crippen LogP contribution < -0.4 is 17.0 Å². The van der Waals surface area contributed by atoms with Crippen molar-refractivity contribution in [1.82, 2.24) is 34.1 Å². The molecule has 18 nitrogen and oxygen atoms in total. The first-order valence-corrected chi connectivity index (χ1v) is 16.7. The van der Waals surface area contributed by atoms with E-state index in [0.717, 1.165) is 0 Å². The Hall–Kier alpha value is -2.86. The van der Waals surface area contributed by atoms with Gasteiger partial charge in [-0.1, -0.05) is 12.2 Å².